The molecule has 1 saturated carbocycles. The van der Waals surface area contributed by atoms with Crippen LogP contribution in [0.2, 0.25) is 10.4 Å². The first-order valence-corrected chi connectivity index (χ1v) is 8.18. The van der Waals surface area contributed by atoms with E-state index in [0.717, 1.165) is 0 Å². The summed E-state index contributed by atoms with van der Waals surface area (Å²) in [6, 6.07) is 0. The van der Waals surface area contributed by atoms with E-state index in [2.05, 4.69) is 21.8 Å². The summed E-state index contributed by atoms with van der Waals surface area (Å²) in [5.74, 6) is 7.35. The van der Waals surface area contributed by atoms with Crippen LogP contribution in [0.25, 0.3) is 0 Å². The number of rotatable bonds is 0. The van der Waals surface area contributed by atoms with Gasteiger partial charge in [-0.25, -0.2) is 14.8 Å². The van der Waals surface area contributed by atoms with Crippen LogP contribution in [0.1, 0.15) is 26.3 Å². The van der Waals surface area contributed by atoms with Crippen molar-refractivity contribution in [1.29, 1.82) is 0 Å². The van der Waals surface area contributed by atoms with Crippen molar-refractivity contribution in [2.24, 2.45) is 17.8 Å². The second-order valence-corrected chi connectivity index (χ2v) is 7.55. The van der Waals surface area contributed by atoms with E-state index >= 15 is 0 Å². The molecule has 3 rings (SSSR count). The third-order valence-electron chi connectivity index (χ3n) is 3.93. The Kier molecular flexibility index (Phi) is 4.16. The van der Waals surface area contributed by atoms with Gasteiger partial charge in [-0.3, -0.25) is 0 Å². The smallest absolute Gasteiger partial charge is 0.410 e. The number of ether oxygens (including phenoxy) is 1. The lowest BCUT2D eigenvalue weighted by molar-refractivity contribution is 0.0269. The molecule has 7 heteroatoms. The van der Waals surface area contributed by atoms with Crippen molar-refractivity contribution in [3.8, 4) is 11.8 Å². The van der Waals surface area contributed by atoms with Crippen LogP contribution < -0.4 is 0 Å². The Balaban J connectivity index is 1.57. The standard InChI is InChI=1S/C16H17Cl2N3O2/c1-16(2,3)23-15(22)21-7-11-10(12(11)8-21)5-4-9-6-19-14(18)20-13(9)17/h6,10-12H,7-8H2,1-3H3/t10?,11-,12+. The third kappa shape index (κ3) is 3.70. The highest BCUT2D eigenvalue weighted by Gasteiger charge is 2.56. The average Bonchev–Trinajstić information content (AvgIpc) is 2.88. The number of piperidine rings is 1. The van der Waals surface area contributed by atoms with E-state index in [1.54, 1.807) is 4.90 Å². The van der Waals surface area contributed by atoms with Crippen molar-refractivity contribution in [3.63, 3.8) is 0 Å². The van der Waals surface area contributed by atoms with Gasteiger partial charge in [0.1, 0.15) is 10.8 Å². The van der Waals surface area contributed by atoms with Gasteiger partial charge in [0, 0.05) is 25.2 Å². The minimum atomic E-state index is -0.464. The lowest BCUT2D eigenvalue weighted by Crippen LogP contribution is -2.37. The molecule has 1 aliphatic heterocycles. The molecule has 1 unspecified atom stereocenters. The number of hydrogen-bond donors (Lipinski definition) is 0. The van der Waals surface area contributed by atoms with Crippen LogP contribution in [0, 0.1) is 29.6 Å². The monoisotopic (exact) mass is 353 g/mol. The molecule has 2 aliphatic rings. The minimum Gasteiger partial charge on any atom is -0.444 e. The summed E-state index contributed by atoms with van der Waals surface area (Å²) in [5, 5.41) is 0.371. The van der Waals surface area contributed by atoms with E-state index in [0.29, 0.717) is 36.4 Å². The fraction of sp³-hybridized carbons (Fsp3) is 0.562. The molecule has 1 saturated heterocycles. The Bertz CT molecular complexity index is 694. The Morgan fingerprint density at radius 3 is 2.57 bits per heavy atom. The van der Waals surface area contributed by atoms with E-state index in [1.807, 2.05) is 20.8 Å². The second-order valence-electron chi connectivity index (χ2n) is 6.85. The molecular formula is C16H17Cl2N3O2. The zero-order chi connectivity index (χ0) is 16.8. The zero-order valence-corrected chi connectivity index (χ0v) is 14.6. The summed E-state index contributed by atoms with van der Waals surface area (Å²) in [7, 11) is 0. The highest BCUT2D eigenvalue weighted by Crippen LogP contribution is 2.51. The Labute approximate surface area is 145 Å². The van der Waals surface area contributed by atoms with Crippen molar-refractivity contribution in [2.75, 3.05) is 13.1 Å². The van der Waals surface area contributed by atoms with Crippen LogP contribution in [0.3, 0.4) is 0 Å². The van der Waals surface area contributed by atoms with Crippen LogP contribution in [0.4, 0.5) is 4.79 Å². The molecule has 0 aromatic carbocycles. The number of halogens is 2. The first kappa shape index (κ1) is 16.4. The van der Waals surface area contributed by atoms with Gasteiger partial charge in [-0.15, -0.1) is 0 Å². The number of fused-ring (bicyclic) bond motifs is 1. The van der Waals surface area contributed by atoms with E-state index in [4.69, 9.17) is 27.9 Å². The quantitative estimate of drug-likeness (QED) is 0.408. The fourth-order valence-corrected chi connectivity index (χ4v) is 3.15. The van der Waals surface area contributed by atoms with Gasteiger partial charge in [0.25, 0.3) is 0 Å². The normalized spacial score (nSPS) is 25.4. The van der Waals surface area contributed by atoms with Gasteiger partial charge < -0.3 is 9.64 Å². The van der Waals surface area contributed by atoms with E-state index in [-0.39, 0.29) is 16.5 Å². The summed E-state index contributed by atoms with van der Waals surface area (Å²) in [6.45, 7) is 7.00. The van der Waals surface area contributed by atoms with Crippen LogP contribution in [0.5, 0.6) is 0 Å². The number of likely N-dealkylation sites (tertiary alicyclic amines) is 1. The van der Waals surface area contributed by atoms with Gasteiger partial charge in [-0.2, -0.15) is 0 Å². The minimum absolute atomic E-state index is 0.108. The molecular weight excluding hydrogens is 337 g/mol. The van der Waals surface area contributed by atoms with Crippen molar-refractivity contribution in [3.05, 3.63) is 22.2 Å². The van der Waals surface area contributed by atoms with Gasteiger partial charge >= 0.3 is 6.09 Å². The maximum atomic E-state index is 12.0. The number of carbonyl (C=O) groups is 1. The lowest BCUT2D eigenvalue weighted by Gasteiger charge is -2.25. The van der Waals surface area contributed by atoms with E-state index in [9.17, 15) is 4.79 Å². The fourth-order valence-electron chi connectivity index (χ4n) is 2.80. The molecule has 0 radical (unpaired) electrons. The Hall–Kier alpha value is -1.51. The third-order valence-corrected chi connectivity index (χ3v) is 4.40. The highest BCUT2D eigenvalue weighted by atomic mass is 35.5. The molecule has 122 valence electrons. The van der Waals surface area contributed by atoms with Crippen LogP contribution in [-0.4, -0.2) is 39.7 Å². The highest BCUT2D eigenvalue weighted by molar-refractivity contribution is 6.32. The summed E-state index contributed by atoms with van der Waals surface area (Å²) in [5.41, 5.74) is 0.110. The molecule has 23 heavy (non-hydrogen) atoms. The summed E-state index contributed by atoms with van der Waals surface area (Å²) < 4.78 is 5.39. The first-order valence-electron chi connectivity index (χ1n) is 7.42. The van der Waals surface area contributed by atoms with E-state index in [1.165, 1.54) is 6.20 Å². The maximum absolute atomic E-state index is 12.0. The van der Waals surface area contributed by atoms with Crippen LogP contribution in [0.15, 0.2) is 6.20 Å². The molecule has 5 nitrogen and oxygen atoms in total. The van der Waals surface area contributed by atoms with E-state index < -0.39 is 5.60 Å². The Morgan fingerprint density at radius 2 is 2.00 bits per heavy atom. The van der Waals surface area contributed by atoms with Crippen molar-refractivity contribution >= 4 is 29.3 Å². The molecule has 0 spiro atoms. The molecule has 3 atom stereocenters. The molecule has 1 aromatic heterocycles. The predicted molar refractivity (Wildman–Crippen MR) is 87.2 cm³/mol. The zero-order valence-electron chi connectivity index (χ0n) is 13.1. The number of carbonyl (C=O) groups excluding carboxylic acids is 1. The SMILES string of the molecule is CC(C)(C)OC(=O)N1C[C@@H]2C(C#Cc3cnc(Cl)nc3Cl)[C@@H]2C1. The molecule has 1 aliphatic carbocycles. The van der Waals surface area contributed by atoms with Gasteiger partial charge in [-0.1, -0.05) is 23.4 Å². The molecule has 0 bridgehead atoms. The first-order chi connectivity index (χ1) is 10.7. The number of hydrogen-bond acceptors (Lipinski definition) is 4. The Morgan fingerprint density at radius 1 is 1.35 bits per heavy atom. The van der Waals surface area contributed by atoms with Gasteiger partial charge in [0.2, 0.25) is 5.28 Å². The number of amides is 1. The lowest BCUT2D eigenvalue weighted by atomic mass is 10.2. The number of nitrogens with zero attached hydrogens (tertiary/aromatic N) is 3. The second kappa shape index (κ2) is 5.85. The molecule has 2 fully saturated rings. The topological polar surface area (TPSA) is 55.3 Å². The van der Waals surface area contributed by atoms with Crippen molar-refractivity contribution in [1.82, 2.24) is 14.9 Å². The molecule has 1 aromatic rings. The average molecular weight is 354 g/mol. The van der Waals surface area contributed by atoms with Crippen molar-refractivity contribution < 1.29 is 9.53 Å². The summed E-state index contributed by atoms with van der Waals surface area (Å²) in [4.78, 5) is 21.5. The van der Waals surface area contributed by atoms with Crippen LogP contribution >= 0.6 is 23.2 Å². The van der Waals surface area contributed by atoms with Gasteiger partial charge in [0.05, 0.1) is 5.56 Å². The molecule has 2 heterocycles. The largest absolute Gasteiger partial charge is 0.444 e. The van der Waals surface area contributed by atoms with Gasteiger partial charge in [0.15, 0.2) is 0 Å². The molecule has 1 amide bonds. The molecule has 0 N–H and O–H groups in total. The predicted octanol–water partition coefficient (Wildman–Crippen LogP) is 3.25. The summed E-state index contributed by atoms with van der Waals surface area (Å²) >= 11 is 11.6. The summed E-state index contributed by atoms with van der Waals surface area (Å²) in [6.07, 6.45) is 1.28. The number of aromatic nitrogens is 2. The van der Waals surface area contributed by atoms with Gasteiger partial charge in [-0.05, 0) is 44.2 Å². The van der Waals surface area contributed by atoms with Crippen molar-refractivity contribution in [2.45, 2.75) is 26.4 Å². The van der Waals surface area contributed by atoms with Crippen LogP contribution in [-0.2, 0) is 4.74 Å². The maximum Gasteiger partial charge on any atom is 0.410 e.